The molecule has 0 atom stereocenters. The Balaban J connectivity index is 2.14. The number of carbonyl (C=O) groups excluding carboxylic acids is 1. The second-order valence-corrected chi connectivity index (χ2v) is 5.31. The summed E-state index contributed by atoms with van der Waals surface area (Å²) in [6.07, 6.45) is 3.28. The van der Waals surface area contributed by atoms with Crippen LogP contribution in [-0.2, 0) is 6.54 Å². The number of nitrogens with one attached hydrogen (secondary N) is 1. The maximum Gasteiger partial charge on any atom is 0.255 e. The van der Waals surface area contributed by atoms with Gasteiger partial charge in [-0.2, -0.15) is 0 Å². The van der Waals surface area contributed by atoms with Crippen LogP contribution in [0.4, 0.5) is 5.69 Å². The summed E-state index contributed by atoms with van der Waals surface area (Å²) in [5, 5.41) is 11.8. The first-order chi connectivity index (χ1) is 10.6. The van der Waals surface area contributed by atoms with Gasteiger partial charge >= 0.3 is 0 Å². The highest BCUT2D eigenvalue weighted by Crippen LogP contribution is 2.15. The fraction of sp³-hybridized carbons (Fsp3) is 0.294. The minimum Gasteiger partial charge on any atom is -0.395 e. The molecule has 0 aliphatic rings. The van der Waals surface area contributed by atoms with Gasteiger partial charge in [0, 0.05) is 24.8 Å². The highest BCUT2D eigenvalue weighted by atomic mass is 16.3. The summed E-state index contributed by atoms with van der Waals surface area (Å²) >= 11 is 0. The van der Waals surface area contributed by atoms with Gasteiger partial charge in [0.05, 0.1) is 18.5 Å². The Hall–Kier alpha value is -2.24. The number of aromatic nitrogens is 1. The van der Waals surface area contributed by atoms with E-state index in [1.807, 2.05) is 37.1 Å². The normalized spacial score (nSPS) is 10.7. The Bertz CT molecular complexity index is 629. The fourth-order valence-corrected chi connectivity index (χ4v) is 2.21. The molecule has 0 bridgehead atoms. The lowest BCUT2D eigenvalue weighted by Crippen LogP contribution is -2.22. The van der Waals surface area contributed by atoms with E-state index in [1.54, 1.807) is 24.5 Å². The molecule has 5 nitrogen and oxygen atoms in total. The van der Waals surface area contributed by atoms with Crippen LogP contribution in [-0.4, -0.2) is 41.1 Å². The van der Waals surface area contributed by atoms with Crippen molar-refractivity contribution in [3.63, 3.8) is 0 Å². The smallest absolute Gasteiger partial charge is 0.255 e. The third-order valence-corrected chi connectivity index (χ3v) is 3.40. The van der Waals surface area contributed by atoms with Gasteiger partial charge in [0.25, 0.3) is 5.91 Å². The highest BCUT2D eigenvalue weighted by molar-refractivity contribution is 6.05. The van der Waals surface area contributed by atoms with E-state index < -0.39 is 0 Å². The van der Waals surface area contributed by atoms with Gasteiger partial charge < -0.3 is 10.4 Å². The molecular formula is C17H21N3O2. The minimum atomic E-state index is -0.142. The summed E-state index contributed by atoms with van der Waals surface area (Å²) in [6, 6.07) is 9.43. The second kappa shape index (κ2) is 7.68. The fourth-order valence-electron chi connectivity index (χ4n) is 2.21. The zero-order valence-electron chi connectivity index (χ0n) is 12.9. The average molecular weight is 299 g/mol. The Morgan fingerprint density at radius 1 is 1.36 bits per heavy atom. The first-order valence-electron chi connectivity index (χ1n) is 7.20. The number of aryl methyl sites for hydroxylation is 1. The summed E-state index contributed by atoms with van der Waals surface area (Å²) in [5.74, 6) is -0.142. The van der Waals surface area contributed by atoms with Crippen LogP contribution in [0.15, 0.2) is 42.7 Å². The first-order valence-corrected chi connectivity index (χ1v) is 7.20. The molecule has 1 aromatic carbocycles. The number of aliphatic hydroxyl groups is 1. The summed E-state index contributed by atoms with van der Waals surface area (Å²) in [5.41, 5.74) is 3.29. The number of rotatable bonds is 6. The molecule has 5 heteroatoms. The second-order valence-electron chi connectivity index (χ2n) is 5.31. The molecule has 0 aliphatic carbocycles. The Morgan fingerprint density at radius 2 is 2.18 bits per heavy atom. The van der Waals surface area contributed by atoms with Gasteiger partial charge in [0.2, 0.25) is 0 Å². The van der Waals surface area contributed by atoms with Crippen LogP contribution in [0.5, 0.6) is 0 Å². The van der Waals surface area contributed by atoms with E-state index in [0.29, 0.717) is 24.3 Å². The number of benzene rings is 1. The van der Waals surface area contributed by atoms with Crippen molar-refractivity contribution in [3.8, 4) is 0 Å². The van der Waals surface area contributed by atoms with Gasteiger partial charge in [-0.3, -0.25) is 14.7 Å². The van der Waals surface area contributed by atoms with Crippen molar-refractivity contribution in [3.05, 3.63) is 59.4 Å². The summed E-state index contributed by atoms with van der Waals surface area (Å²) in [7, 11) is 1.94. The number of anilines is 1. The number of likely N-dealkylation sites (N-methyl/N-ethyl adjacent to an activating group) is 1. The van der Waals surface area contributed by atoms with E-state index in [9.17, 15) is 4.79 Å². The standard InChI is InChI=1S/C17H21N3O2/c1-13-5-6-14(12-20(2)8-9-21)10-16(13)17(22)19-15-4-3-7-18-11-15/h3-7,10-11,21H,8-9,12H2,1-2H3,(H,19,22). The molecule has 0 spiro atoms. The van der Waals surface area contributed by atoms with E-state index in [0.717, 1.165) is 11.1 Å². The van der Waals surface area contributed by atoms with Crippen LogP contribution < -0.4 is 5.32 Å². The van der Waals surface area contributed by atoms with Gasteiger partial charge in [-0.25, -0.2) is 0 Å². The lowest BCUT2D eigenvalue weighted by atomic mass is 10.0. The minimum absolute atomic E-state index is 0.122. The zero-order valence-corrected chi connectivity index (χ0v) is 12.9. The van der Waals surface area contributed by atoms with E-state index >= 15 is 0 Å². The van der Waals surface area contributed by atoms with Crippen LogP contribution in [0, 0.1) is 6.92 Å². The molecule has 0 unspecified atom stereocenters. The molecule has 2 rings (SSSR count). The van der Waals surface area contributed by atoms with E-state index in [2.05, 4.69) is 10.3 Å². The maximum atomic E-state index is 12.4. The number of carbonyl (C=O) groups is 1. The largest absolute Gasteiger partial charge is 0.395 e. The molecule has 0 saturated heterocycles. The lowest BCUT2D eigenvalue weighted by molar-refractivity contribution is 0.102. The zero-order chi connectivity index (χ0) is 15.9. The van der Waals surface area contributed by atoms with Crippen LogP contribution in [0.2, 0.25) is 0 Å². The molecule has 22 heavy (non-hydrogen) atoms. The molecule has 1 amide bonds. The predicted molar refractivity (Wildman–Crippen MR) is 86.8 cm³/mol. The monoisotopic (exact) mass is 299 g/mol. The van der Waals surface area contributed by atoms with E-state index in [-0.39, 0.29) is 12.5 Å². The summed E-state index contributed by atoms with van der Waals surface area (Å²) in [4.78, 5) is 18.4. The van der Waals surface area contributed by atoms with E-state index in [4.69, 9.17) is 5.11 Å². The molecule has 1 heterocycles. The molecule has 0 radical (unpaired) electrons. The molecule has 0 aliphatic heterocycles. The molecule has 2 aromatic rings. The van der Waals surface area contributed by atoms with Gasteiger partial charge in [-0.05, 0) is 43.3 Å². The number of nitrogens with zero attached hydrogens (tertiary/aromatic N) is 2. The van der Waals surface area contributed by atoms with Crippen molar-refractivity contribution < 1.29 is 9.90 Å². The van der Waals surface area contributed by atoms with Crippen molar-refractivity contribution in [1.29, 1.82) is 0 Å². The van der Waals surface area contributed by atoms with Crippen molar-refractivity contribution in [2.45, 2.75) is 13.5 Å². The quantitative estimate of drug-likeness (QED) is 0.857. The molecule has 0 fully saturated rings. The van der Waals surface area contributed by atoms with Crippen LogP contribution >= 0.6 is 0 Å². The number of hydrogen-bond donors (Lipinski definition) is 2. The predicted octanol–water partition coefficient (Wildman–Crippen LogP) is 2.07. The molecule has 1 aromatic heterocycles. The van der Waals surface area contributed by atoms with Crippen LogP contribution in [0.1, 0.15) is 21.5 Å². The topological polar surface area (TPSA) is 65.5 Å². The third kappa shape index (κ3) is 4.38. The Kier molecular flexibility index (Phi) is 5.63. The van der Waals surface area contributed by atoms with Gasteiger partial charge in [-0.15, -0.1) is 0 Å². The number of amides is 1. The van der Waals surface area contributed by atoms with Crippen molar-refractivity contribution >= 4 is 11.6 Å². The molecule has 0 saturated carbocycles. The maximum absolute atomic E-state index is 12.4. The summed E-state index contributed by atoms with van der Waals surface area (Å²) in [6.45, 7) is 3.33. The van der Waals surface area contributed by atoms with Gasteiger partial charge in [-0.1, -0.05) is 12.1 Å². The lowest BCUT2D eigenvalue weighted by Gasteiger charge is -2.16. The molecular weight excluding hydrogens is 278 g/mol. The Labute approximate surface area is 130 Å². The van der Waals surface area contributed by atoms with Crippen molar-refractivity contribution in [2.75, 3.05) is 25.5 Å². The van der Waals surface area contributed by atoms with E-state index in [1.165, 1.54) is 0 Å². The SMILES string of the molecule is Cc1ccc(CN(C)CCO)cc1C(=O)Nc1cccnc1. The number of aliphatic hydroxyl groups excluding tert-OH is 1. The third-order valence-electron chi connectivity index (χ3n) is 3.40. The van der Waals surface area contributed by atoms with Crippen LogP contribution in [0.3, 0.4) is 0 Å². The number of hydrogen-bond acceptors (Lipinski definition) is 4. The first kappa shape index (κ1) is 16.1. The highest BCUT2D eigenvalue weighted by Gasteiger charge is 2.11. The van der Waals surface area contributed by atoms with Crippen LogP contribution in [0.25, 0.3) is 0 Å². The van der Waals surface area contributed by atoms with Gasteiger partial charge in [0.1, 0.15) is 0 Å². The summed E-state index contributed by atoms with van der Waals surface area (Å²) < 4.78 is 0. The van der Waals surface area contributed by atoms with Gasteiger partial charge in [0.15, 0.2) is 0 Å². The average Bonchev–Trinajstić information content (AvgIpc) is 2.50. The molecule has 116 valence electrons. The molecule has 2 N–H and O–H groups in total. The van der Waals surface area contributed by atoms with Crippen molar-refractivity contribution in [2.24, 2.45) is 0 Å². The Morgan fingerprint density at radius 3 is 2.86 bits per heavy atom. The van der Waals surface area contributed by atoms with Crippen molar-refractivity contribution in [1.82, 2.24) is 9.88 Å². The number of pyridine rings is 1.